The zero-order valence-electron chi connectivity index (χ0n) is 13.4. The highest BCUT2D eigenvalue weighted by Gasteiger charge is 2.12. The van der Waals surface area contributed by atoms with Gasteiger partial charge in [-0.1, -0.05) is 0 Å². The number of amides is 2. The Morgan fingerprint density at radius 1 is 1.40 bits per heavy atom. The van der Waals surface area contributed by atoms with Gasteiger partial charge in [-0.15, -0.1) is 0 Å². The molecule has 0 saturated heterocycles. The lowest BCUT2D eigenvalue weighted by molar-refractivity contribution is -0.121. The van der Waals surface area contributed by atoms with E-state index in [1.165, 1.54) is 12.1 Å². The highest BCUT2D eigenvalue weighted by Crippen LogP contribution is 2.17. The van der Waals surface area contributed by atoms with E-state index in [4.69, 9.17) is 12.2 Å². The Bertz CT molecular complexity index is 836. The van der Waals surface area contributed by atoms with Crippen LogP contribution in [-0.4, -0.2) is 33.1 Å². The van der Waals surface area contributed by atoms with Crippen LogP contribution < -0.4 is 10.6 Å². The van der Waals surface area contributed by atoms with Crippen molar-refractivity contribution in [1.29, 1.82) is 0 Å². The first-order valence-corrected chi connectivity index (χ1v) is 8.76. The molecule has 2 amide bonds. The van der Waals surface area contributed by atoms with Crippen molar-refractivity contribution in [3.8, 4) is 0 Å². The molecule has 2 rings (SSSR count). The summed E-state index contributed by atoms with van der Waals surface area (Å²) in [6, 6.07) is 3.84. The Morgan fingerprint density at radius 2 is 2.16 bits per heavy atom. The summed E-state index contributed by atoms with van der Waals surface area (Å²) in [6.07, 6.45) is 0.0932. The molecule has 0 atom stereocenters. The van der Waals surface area contributed by atoms with Crippen molar-refractivity contribution in [2.45, 2.75) is 26.4 Å². The molecule has 7 nitrogen and oxygen atoms in total. The van der Waals surface area contributed by atoms with Crippen LogP contribution in [0.4, 0.5) is 4.39 Å². The monoisotopic (exact) mass is 429 g/mol. The normalized spacial score (nSPS) is 10.5. The van der Waals surface area contributed by atoms with Gasteiger partial charge in [-0.2, -0.15) is 5.10 Å². The fraction of sp³-hybridized carbons (Fsp3) is 0.333. The smallest absolute Gasteiger partial charge is 0.252 e. The summed E-state index contributed by atoms with van der Waals surface area (Å²) in [4.78, 5) is 23.9. The van der Waals surface area contributed by atoms with E-state index in [1.807, 2.05) is 6.92 Å². The Morgan fingerprint density at radius 3 is 2.88 bits per heavy atom. The lowest BCUT2D eigenvalue weighted by Crippen LogP contribution is -2.31. The topological polar surface area (TPSA) is 91.8 Å². The van der Waals surface area contributed by atoms with Gasteiger partial charge in [-0.25, -0.2) is 4.39 Å². The van der Waals surface area contributed by atoms with Gasteiger partial charge in [0.1, 0.15) is 5.82 Å². The third-order valence-corrected chi connectivity index (χ3v) is 4.41. The number of hydrogen-bond acceptors (Lipinski definition) is 4. The zero-order valence-corrected chi connectivity index (χ0v) is 15.8. The van der Waals surface area contributed by atoms with Gasteiger partial charge < -0.3 is 15.2 Å². The molecule has 0 fully saturated rings. The number of carbonyl (C=O) groups excluding carboxylic acids is 2. The second-order valence-electron chi connectivity index (χ2n) is 5.10. The first-order valence-electron chi connectivity index (χ1n) is 7.56. The maximum absolute atomic E-state index is 13.2. The minimum absolute atomic E-state index is 0.0932. The van der Waals surface area contributed by atoms with Crippen molar-refractivity contribution in [1.82, 2.24) is 25.4 Å². The van der Waals surface area contributed by atoms with E-state index in [0.29, 0.717) is 21.6 Å². The van der Waals surface area contributed by atoms with Gasteiger partial charge >= 0.3 is 0 Å². The first kappa shape index (κ1) is 19.3. The van der Waals surface area contributed by atoms with E-state index >= 15 is 0 Å². The van der Waals surface area contributed by atoms with E-state index in [1.54, 1.807) is 4.57 Å². The van der Waals surface area contributed by atoms with Crippen LogP contribution in [0, 0.1) is 10.6 Å². The molecule has 0 aliphatic carbocycles. The van der Waals surface area contributed by atoms with Gasteiger partial charge in [-0.3, -0.25) is 14.7 Å². The highest BCUT2D eigenvalue weighted by atomic mass is 79.9. The summed E-state index contributed by atoms with van der Waals surface area (Å²) in [6.45, 7) is 2.95. The number of nitrogens with zero attached hydrogens (tertiary/aromatic N) is 2. The summed E-state index contributed by atoms with van der Waals surface area (Å²) >= 11 is 8.26. The average molecular weight is 430 g/mol. The molecule has 0 aliphatic heterocycles. The van der Waals surface area contributed by atoms with E-state index in [0.717, 1.165) is 6.07 Å². The SMILES string of the molecule is CCn1c(CNC(=O)CCNC(=O)c2cc(F)ccc2Br)n[nH]c1=S. The number of nitrogens with one attached hydrogen (secondary N) is 3. The maximum Gasteiger partial charge on any atom is 0.252 e. The third-order valence-electron chi connectivity index (χ3n) is 3.41. The van der Waals surface area contributed by atoms with E-state index < -0.39 is 11.7 Å². The molecule has 0 bridgehead atoms. The van der Waals surface area contributed by atoms with Gasteiger partial charge in [0.2, 0.25) is 5.91 Å². The number of benzene rings is 1. The molecule has 0 radical (unpaired) electrons. The van der Waals surface area contributed by atoms with Crippen LogP contribution >= 0.6 is 28.1 Å². The molecule has 2 aromatic rings. The standard InChI is InChI=1S/C15H17BrFN5O2S/c1-2-22-12(20-21-15(22)25)8-19-13(23)5-6-18-14(24)10-7-9(17)3-4-11(10)16/h3-4,7H,2,5-6,8H2,1H3,(H,18,24)(H,19,23)(H,21,25). The first-order chi connectivity index (χ1) is 11.9. The van der Waals surface area contributed by atoms with E-state index in [-0.39, 0.29) is 31.0 Å². The number of hydrogen-bond donors (Lipinski definition) is 3. The van der Waals surface area contributed by atoms with Crippen molar-refractivity contribution in [2.24, 2.45) is 0 Å². The molecule has 10 heteroatoms. The van der Waals surface area contributed by atoms with Crippen LogP contribution in [-0.2, 0) is 17.9 Å². The molecular formula is C15H17BrFN5O2S. The molecule has 1 aromatic carbocycles. The zero-order chi connectivity index (χ0) is 18.4. The Labute approximate surface area is 157 Å². The number of halogens is 2. The average Bonchev–Trinajstić information content (AvgIpc) is 2.94. The van der Waals surface area contributed by atoms with Crippen molar-refractivity contribution < 1.29 is 14.0 Å². The number of aromatic nitrogens is 3. The van der Waals surface area contributed by atoms with Gasteiger partial charge in [-0.05, 0) is 53.3 Å². The fourth-order valence-corrected chi connectivity index (χ4v) is 2.84. The van der Waals surface area contributed by atoms with Gasteiger partial charge in [0.25, 0.3) is 5.91 Å². The van der Waals surface area contributed by atoms with Gasteiger partial charge in [0.15, 0.2) is 10.6 Å². The number of rotatable bonds is 7. The largest absolute Gasteiger partial charge is 0.351 e. The minimum Gasteiger partial charge on any atom is -0.351 e. The Kier molecular flexibility index (Phi) is 6.82. The molecule has 0 spiro atoms. The van der Waals surface area contributed by atoms with E-state index in [9.17, 15) is 14.0 Å². The highest BCUT2D eigenvalue weighted by molar-refractivity contribution is 9.10. The summed E-state index contributed by atoms with van der Waals surface area (Å²) in [5.41, 5.74) is 0.180. The van der Waals surface area contributed by atoms with Crippen molar-refractivity contribution in [3.05, 3.63) is 44.6 Å². The lowest BCUT2D eigenvalue weighted by Gasteiger charge is -2.08. The fourth-order valence-electron chi connectivity index (χ4n) is 2.13. The van der Waals surface area contributed by atoms with Crippen LogP contribution in [0.2, 0.25) is 0 Å². The van der Waals surface area contributed by atoms with Gasteiger partial charge in [0, 0.05) is 24.0 Å². The van der Waals surface area contributed by atoms with Crippen LogP contribution in [0.3, 0.4) is 0 Å². The molecule has 0 aliphatic rings. The number of H-pyrrole nitrogens is 1. The predicted molar refractivity (Wildman–Crippen MR) is 96.0 cm³/mol. The summed E-state index contributed by atoms with van der Waals surface area (Å²) < 4.78 is 16.0. The van der Waals surface area contributed by atoms with Crippen LogP contribution in [0.15, 0.2) is 22.7 Å². The molecule has 1 aromatic heterocycles. The maximum atomic E-state index is 13.2. The Hall–Kier alpha value is -2.07. The lowest BCUT2D eigenvalue weighted by atomic mass is 10.2. The quantitative estimate of drug-likeness (QED) is 0.588. The van der Waals surface area contributed by atoms with Crippen LogP contribution in [0.25, 0.3) is 0 Å². The molecule has 1 heterocycles. The van der Waals surface area contributed by atoms with Gasteiger partial charge in [0.05, 0.1) is 12.1 Å². The third kappa shape index (κ3) is 5.20. The molecule has 25 heavy (non-hydrogen) atoms. The molecule has 134 valence electrons. The predicted octanol–water partition coefficient (Wildman–Crippen LogP) is 2.30. The molecular weight excluding hydrogens is 413 g/mol. The second kappa shape index (κ2) is 8.86. The summed E-state index contributed by atoms with van der Waals surface area (Å²) in [5.74, 6) is -0.565. The second-order valence-corrected chi connectivity index (χ2v) is 6.34. The van der Waals surface area contributed by atoms with E-state index in [2.05, 4.69) is 36.8 Å². The number of carbonyl (C=O) groups is 2. The van der Waals surface area contributed by atoms with Crippen LogP contribution in [0.5, 0.6) is 0 Å². The summed E-state index contributed by atoms with van der Waals surface area (Å²) in [7, 11) is 0. The molecule has 3 N–H and O–H groups in total. The Balaban J connectivity index is 1.79. The van der Waals surface area contributed by atoms with Crippen molar-refractivity contribution in [3.63, 3.8) is 0 Å². The van der Waals surface area contributed by atoms with Crippen molar-refractivity contribution >= 4 is 40.0 Å². The molecule has 0 saturated carbocycles. The summed E-state index contributed by atoms with van der Waals surface area (Å²) in [5, 5.41) is 12.0. The van der Waals surface area contributed by atoms with Crippen molar-refractivity contribution in [2.75, 3.05) is 6.54 Å². The molecule has 0 unspecified atom stereocenters. The minimum atomic E-state index is -0.504. The van der Waals surface area contributed by atoms with Crippen LogP contribution in [0.1, 0.15) is 29.5 Å². The number of aromatic amines is 1.